The molecule has 478 valence electrons. The summed E-state index contributed by atoms with van der Waals surface area (Å²) in [4.78, 5) is 26.6. The van der Waals surface area contributed by atoms with Crippen LogP contribution in [0.2, 0.25) is 0 Å². The number of hydrogen-bond acceptors (Lipinski definition) is 10. The highest BCUT2D eigenvalue weighted by Crippen LogP contribution is 2.26. The molecule has 0 aromatic heterocycles. The van der Waals surface area contributed by atoms with Crippen LogP contribution in [-0.4, -0.2) is 99.6 Å². The van der Waals surface area contributed by atoms with Gasteiger partial charge in [0.15, 0.2) is 12.4 Å². The number of unbranched alkanes of at least 4 members (excludes halogenated alkanes) is 34. The second-order valence-corrected chi connectivity index (χ2v) is 23.3. The van der Waals surface area contributed by atoms with Crippen molar-refractivity contribution in [2.24, 2.45) is 0 Å². The highest BCUT2D eigenvalue weighted by atomic mass is 16.7. The Balaban J connectivity index is 2.58. The Hall–Kier alpha value is -3.42. The van der Waals surface area contributed by atoms with Crippen LogP contribution in [0.1, 0.15) is 284 Å². The fraction of sp³-hybridized carbons (Fsp3) is 0.750. The number of ether oxygens (including phenoxy) is 3. The summed E-state index contributed by atoms with van der Waals surface area (Å²) in [6, 6.07) is -1.04. The van der Waals surface area contributed by atoms with Gasteiger partial charge in [-0.15, -0.1) is 0 Å². The molecular weight excluding hydrogens is 1040 g/mol. The molecule has 1 amide bonds. The van der Waals surface area contributed by atoms with E-state index in [2.05, 4.69) is 50.4 Å². The summed E-state index contributed by atoms with van der Waals surface area (Å²) in [5, 5.41) is 57.1. The molecule has 0 bridgehead atoms. The summed E-state index contributed by atoms with van der Waals surface area (Å²) >= 11 is 0. The summed E-state index contributed by atoms with van der Waals surface area (Å²) in [6.07, 6.45) is 68.9. The summed E-state index contributed by atoms with van der Waals surface area (Å²) in [6.45, 7) is 5.62. The Labute approximate surface area is 507 Å². The second-order valence-electron chi connectivity index (χ2n) is 23.3. The number of aliphatic hydroxyl groups excluding tert-OH is 5. The minimum atomic E-state index is -1.64. The third-order valence-electron chi connectivity index (χ3n) is 15.6. The predicted octanol–water partition coefficient (Wildman–Crippen LogP) is 17.1. The third-order valence-corrected chi connectivity index (χ3v) is 15.6. The molecule has 1 fully saturated rings. The van der Waals surface area contributed by atoms with Crippen molar-refractivity contribution in [3.8, 4) is 0 Å². The largest absolute Gasteiger partial charge is 0.454 e. The molecular formula is C72H125NO10. The zero-order chi connectivity index (χ0) is 60.3. The molecule has 8 atom stereocenters. The van der Waals surface area contributed by atoms with Gasteiger partial charge in [-0.25, -0.2) is 0 Å². The molecule has 1 saturated heterocycles. The zero-order valence-corrected chi connectivity index (χ0v) is 53.0. The molecule has 1 rings (SSSR count). The average molecular weight is 1160 g/mol. The molecule has 6 N–H and O–H groups in total. The van der Waals surface area contributed by atoms with Gasteiger partial charge < -0.3 is 45.1 Å². The lowest BCUT2D eigenvalue weighted by Gasteiger charge is -2.41. The molecule has 0 aromatic rings. The molecule has 1 aliphatic heterocycles. The standard InChI is InChI=1S/C72H125NO10/c1-4-7-10-13-16-19-22-24-26-28-29-30-31-32-33-34-35-36-38-39-41-44-47-50-53-56-59-65(76)71(80)73-63(64(75)58-55-52-49-46-43-21-18-15-12-9-6-3)62-81-72-70(69(79)68(78)66(61-74)82-72)83-67(77)60-57-54-51-48-45-42-40-37-27-25-23-20-17-14-11-8-5-2/h8,11,14,17,20,23-27,37,40,42,45,55,58,63-66,68-70,72,74-76,78-79H,4-7,9-10,12-13,15-16,18-19,21-22,28-36,38-39,41,43-44,46-54,56-57,59-62H2,1-3H3,(H,73,80)/b11-8-,17-14+,23-20+,26-24+,27-25-,40-37+,45-42+,58-55+. The zero-order valence-electron chi connectivity index (χ0n) is 53.0. The van der Waals surface area contributed by atoms with Crippen LogP contribution in [0.15, 0.2) is 97.2 Å². The number of amides is 1. The molecule has 0 saturated carbocycles. The van der Waals surface area contributed by atoms with Gasteiger partial charge in [-0.2, -0.15) is 0 Å². The first kappa shape index (κ1) is 77.6. The maximum Gasteiger partial charge on any atom is 0.306 e. The van der Waals surface area contributed by atoms with E-state index in [1.54, 1.807) is 6.08 Å². The van der Waals surface area contributed by atoms with E-state index >= 15 is 0 Å². The first-order chi connectivity index (χ1) is 40.7. The summed E-state index contributed by atoms with van der Waals surface area (Å²) < 4.78 is 17.6. The second kappa shape index (κ2) is 58.9. The van der Waals surface area contributed by atoms with E-state index in [0.29, 0.717) is 12.8 Å². The van der Waals surface area contributed by atoms with Crippen LogP contribution in [0.4, 0.5) is 0 Å². The quantitative estimate of drug-likeness (QED) is 0.0149. The van der Waals surface area contributed by atoms with E-state index in [9.17, 15) is 35.1 Å². The lowest BCUT2D eigenvalue weighted by Crippen LogP contribution is -2.61. The predicted molar refractivity (Wildman–Crippen MR) is 347 cm³/mol. The number of carbonyl (C=O) groups excluding carboxylic acids is 2. The molecule has 1 heterocycles. The Morgan fingerprint density at radius 1 is 0.482 bits per heavy atom. The van der Waals surface area contributed by atoms with Gasteiger partial charge in [-0.05, 0) is 70.6 Å². The van der Waals surface area contributed by atoms with Crippen LogP contribution in [-0.2, 0) is 23.8 Å². The van der Waals surface area contributed by atoms with Gasteiger partial charge in [-0.3, -0.25) is 9.59 Å². The number of aliphatic hydroxyl groups is 5. The highest BCUT2D eigenvalue weighted by Gasteiger charge is 2.47. The van der Waals surface area contributed by atoms with Gasteiger partial charge in [0.05, 0.1) is 25.4 Å². The molecule has 0 radical (unpaired) electrons. The van der Waals surface area contributed by atoms with Crippen LogP contribution in [0, 0.1) is 0 Å². The van der Waals surface area contributed by atoms with Crippen molar-refractivity contribution in [1.82, 2.24) is 5.32 Å². The maximum absolute atomic E-state index is 13.5. The van der Waals surface area contributed by atoms with Crippen molar-refractivity contribution >= 4 is 11.9 Å². The highest BCUT2D eigenvalue weighted by molar-refractivity contribution is 5.80. The number of carbonyl (C=O) groups is 2. The van der Waals surface area contributed by atoms with Crippen molar-refractivity contribution in [2.75, 3.05) is 13.2 Å². The van der Waals surface area contributed by atoms with Crippen LogP contribution in [0.5, 0.6) is 0 Å². The first-order valence-corrected chi connectivity index (χ1v) is 34.1. The van der Waals surface area contributed by atoms with Crippen molar-refractivity contribution < 1.29 is 49.3 Å². The molecule has 11 nitrogen and oxygen atoms in total. The topological polar surface area (TPSA) is 175 Å². The summed E-state index contributed by atoms with van der Waals surface area (Å²) in [5.41, 5.74) is 0. The number of allylic oxidation sites excluding steroid dienone is 15. The Morgan fingerprint density at radius 2 is 0.880 bits per heavy atom. The monoisotopic (exact) mass is 1160 g/mol. The lowest BCUT2D eigenvalue weighted by atomic mass is 9.99. The fourth-order valence-electron chi connectivity index (χ4n) is 10.3. The van der Waals surface area contributed by atoms with Crippen LogP contribution in [0.3, 0.4) is 0 Å². The molecule has 8 unspecified atom stereocenters. The van der Waals surface area contributed by atoms with Gasteiger partial charge in [0.25, 0.3) is 0 Å². The fourth-order valence-corrected chi connectivity index (χ4v) is 10.3. The molecule has 0 spiro atoms. The van der Waals surface area contributed by atoms with E-state index in [-0.39, 0.29) is 19.4 Å². The Kier molecular flexibility index (Phi) is 55.1. The van der Waals surface area contributed by atoms with E-state index in [4.69, 9.17) is 14.2 Å². The van der Waals surface area contributed by atoms with Gasteiger partial charge in [0.2, 0.25) is 5.91 Å². The normalized spacial score (nSPS) is 19.2. The van der Waals surface area contributed by atoms with E-state index < -0.39 is 67.4 Å². The summed E-state index contributed by atoms with van der Waals surface area (Å²) in [5.74, 6) is -1.24. The van der Waals surface area contributed by atoms with E-state index in [0.717, 1.165) is 70.6 Å². The average Bonchev–Trinajstić information content (AvgIpc) is 3.69. The summed E-state index contributed by atoms with van der Waals surface area (Å²) in [7, 11) is 0. The number of rotatable bonds is 57. The van der Waals surface area contributed by atoms with Crippen LogP contribution >= 0.6 is 0 Å². The van der Waals surface area contributed by atoms with Crippen LogP contribution < -0.4 is 5.32 Å². The third kappa shape index (κ3) is 46.5. The SMILES string of the molecule is CC\C=C/C=C/C=C/C=C\C=C\C=C\CCCCCC(=O)OC1C(OCC(NC(=O)C(O)CCCCCCCCCCCCCCCCCC/C=C/CCCCCCCC)C(O)/C=C/CCCCCCCCCCC)OC(CO)C(O)C1O. The van der Waals surface area contributed by atoms with Crippen molar-refractivity contribution in [1.29, 1.82) is 0 Å². The lowest BCUT2D eigenvalue weighted by molar-refractivity contribution is -0.305. The molecule has 1 aliphatic rings. The Morgan fingerprint density at radius 3 is 1.34 bits per heavy atom. The minimum Gasteiger partial charge on any atom is -0.454 e. The van der Waals surface area contributed by atoms with Crippen LogP contribution in [0.25, 0.3) is 0 Å². The Bertz CT molecular complexity index is 1720. The maximum atomic E-state index is 13.5. The van der Waals surface area contributed by atoms with Crippen molar-refractivity contribution in [2.45, 2.75) is 333 Å². The van der Waals surface area contributed by atoms with E-state index in [1.165, 1.54) is 167 Å². The first-order valence-electron chi connectivity index (χ1n) is 34.1. The smallest absolute Gasteiger partial charge is 0.306 e. The number of nitrogens with one attached hydrogen (secondary N) is 1. The van der Waals surface area contributed by atoms with E-state index in [1.807, 2.05) is 66.8 Å². The van der Waals surface area contributed by atoms with Gasteiger partial charge >= 0.3 is 5.97 Å². The van der Waals surface area contributed by atoms with Gasteiger partial charge in [0, 0.05) is 6.42 Å². The van der Waals surface area contributed by atoms with Crippen molar-refractivity contribution in [3.63, 3.8) is 0 Å². The van der Waals surface area contributed by atoms with Gasteiger partial charge in [0.1, 0.15) is 24.4 Å². The van der Waals surface area contributed by atoms with Gasteiger partial charge in [-0.1, -0.05) is 304 Å². The number of esters is 1. The molecule has 0 aromatic carbocycles. The molecule has 11 heteroatoms. The minimum absolute atomic E-state index is 0.0685. The molecule has 83 heavy (non-hydrogen) atoms. The molecule has 0 aliphatic carbocycles. The van der Waals surface area contributed by atoms with Crippen molar-refractivity contribution in [3.05, 3.63) is 97.2 Å². The number of hydrogen-bond donors (Lipinski definition) is 6.